The highest BCUT2D eigenvalue weighted by Gasteiger charge is 2.21. The Balaban J connectivity index is 2.73. The number of carboxylic acid groups (broad SMARTS) is 1. The number of nitrogens with one attached hydrogen (secondary N) is 2. The molecule has 0 heterocycles. The lowest BCUT2D eigenvalue weighted by atomic mass is 10.0. The Labute approximate surface area is 116 Å². The lowest BCUT2D eigenvalue weighted by Crippen LogP contribution is -2.49. The minimum atomic E-state index is -1.09. The zero-order chi connectivity index (χ0) is 15.3. The predicted octanol–water partition coefficient (Wildman–Crippen LogP) is 1.02. The Morgan fingerprint density at radius 1 is 1.25 bits per heavy atom. The number of benzene rings is 1. The number of carbonyl (C=O) groups excluding carboxylic acids is 2. The predicted molar refractivity (Wildman–Crippen MR) is 73.4 cm³/mol. The average Bonchev–Trinajstić information content (AvgIpc) is 2.35. The fourth-order valence-corrected chi connectivity index (χ4v) is 1.60. The zero-order valence-corrected chi connectivity index (χ0v) is 11.2. The van der Waals surface area contributed by atoms with Gasteiger partial charge in [0, 0.05) is 5.69 Å². The highest BCUT2D eigenvalue weighted by Crippen LogP contribution is 2.11. The molecule has 0 saturated heterocycles. The number of hydrogen-bond acceptors (Lipinski definition) is 3. The van der Waals surface area contributed by atoms with E-state index in [2.05, 4.69) is 10.6 Å². The summed E-state index contributed by atoms with van der Waals surface area (Å²) in [6.07, 6.45) is 0. The van der Waals surface area contributed by atoms with Crippen molar-refractivity contribution in [1.82, 2.24) is 5.32 Å². The smallest absolute Gasteiger partial charge is 0.335 e. The van der Waals surface area contributed by atoms with Crippen LogP contribution in [0.5, 0.6) is 0 Å². The summed E-state index contributed by atoms with van der Waals surface area (Å²) in [7, 11) is 0. The summed E-state index contributed by atoms with van der Waals surface area (Å²) < 4.78 is 0. The van der Waals surface area contributed by atoms with Crippen LogP contribution < -0.4 is 16.4 Å². The molecule has 0 radical (unpaired) electrons. The van der Waals surface area contributed by atoms with Gasteiger partial charge in [-0.05, 0) is 24.1 Å². The lowest BCUT2D eigenvalue weighted by molar-refractivity contribution is -0.120. The normalized spacial score (nSPS) is 11.8. The second-order valence-corrected chi connectivity index (χ2v) is 4.61. The lowest BCUT2D eigenvalue weighted by Gasteiger charge is -2.19. The molecule has 1 aromatic carbocycles. The molecule has 0 aromatic heterocycles. The molecule has 1 rings (SSSR count). The van der Waals surface area contributed by atoms with Crippen LogP contribution in [-0.2, 0) is 4.79 Å². The number of urea groups is 1. The van der Waals surface area contributed by atoms with E-state index in [-0.39, 0.29) is 11.5 Å². The molecule has 5 N–H and O–H groups in total. The molecular formula is C13H17N3O4. The first kappa shape index (κ1) is 15.5. The van der Waals surface area contributed by atoms with Crippen molar-refractivity contribution < 1.29 is 19.5 Å². The standard InChI is InChI=1S/C13H17N3O4/c1-7(2)10(11(14)17)16-13(20)15-9-5-3-4-8(6-9)12(18)19/h3-7,10H,1-2H3,(H2,14,17)(H,18,19)(H2,15,16,20). The Bertz CT molecular complexity index is 528. The summed E-state index contributed by atoms with van der Waals surface area (Å²) in [6.45, 7) is 3.50. The van der Waals surface area contributed by atoms with Crippen LogP contribution in [0.15, 0.2) is 24.3 Å². The number of carboxylic acids is 1. The second kappa shape index (κ2) is 6.55. The van der Waals surface area contributed by atoms with Crippen LogP contribution >= 0.6 is 0 Å². The van der Waals surface area contributed by atoms with Crippen molar-refractivity contribution in [1.29, 1.82) is 0 Å². The molecule has 1 aromatic rings. The van der Waals surface area contributed by atoms with Gasteiger partial charge >= 0.3 is 12.0 Å². The van der Waals surface area contributed by atoms with Crippen molar-refractivity contribution in [2.45, 2.75) is 19.9 Å². The molecule has 0 spiro atoms. The SMILES string of the molecule is CC(C)C(NC(=O)Nc1cccc(C(=O)O)c1)C(N)=O. The monoisotopic (exact) mass is 279 g/mol. The fraction of sp³-hybridized carbons (Fsp3) is 0.308. The number of carbonyl (C=O) groups is 3. The van der Waals surface area contributed by atoms with Gasteiger partial charge in [0.15, 0.2) is 0 Å². The molecular weight excluding hydrogens is 262 g/mol. The maximum atomic E-state index is 11.7. The summed E-state index contributed by atoms with van der Waals surface area (Å²) in [6, 6.07) is 4.36. The number of hydrogen-bond donors (Lipinski definition) is 4. The molecule has 20 heavy (non-hydrogen) atoms. The van der Waals surface area contributed by atoms with Gasteiger partial charge < -0.3 is 21.5 Å². The van der Waals surface area contributed by atoms with E-state index in [1.807, 2.05) is 0 Å². The van der Waals surface area contributed by atoms with Gasteiger partial charge in [0.05, 0.1) is 5.56 Å². The molecule has 7 nitrogen and oxygen atoms in total. The molecule has 0 aliphatic rings. The van der Waals surface area contributed by atoms with Crippen LogP contribution in [0.2, 0.25) is 0 Å². The van der Waals surface area contributed by atoms with Crippen molar-refractivity contribution in [3.8, 4) is 0 Å². The molecule has 1 unspecified atom stereocenters. The van der Waals surface area contributed by atoms with Crippen molar-refractivity contribution in [2.75, 3.05) is 5.32 Å². The summed E-state index contributed by atoms with van der Waals surface area (Å²) >= 11 is 0. The number of anilines is 1. The molecule has 7 heteroatoms. The Morgan fingerprint density at radius 3 is 2.40 bits per heavy atom. The van der Waals surface area contributed by atoms with E-state index < -0.39 is 23.9 Å². The van der Waals surface area contributed by atoms with Crippen molar-refractivity contribution in [2.24, 2.45) is 11.7 Å². The van der Waals surface area contributed by atoms with Crippen molar-refractivity contribution >= 4 is 23.6 Å². The van der Waals surface area contributed by atoms with E-state index in [0.29, 0.717) is 5.69 Å². The van der Waals surface area contributed by atoms with E-state index in [0.717, 1.165) is 0 Å². The maximum absolute atomic E-state index is 11.7. The van der Waals surface area contributed by atoms with Gasteiger partial charge in [0.25, 0.3) is 0 Å². The summed E-state index contributed by atoms with van der Waals surface area (Å²) in [5, 5.41) is 13.7. The summed E-state index contributed by atoms with van der Waals surface area (Å²) in [5.74, 6) is -1.87. The minimum Gasteiger partial charge on any atom is -0.478 e. The van der Waals surface area contributed by atoms with E-state index in [1.165, 1.54) is 18.2 Å². The number of nitrogens with two attached hydrogens (primary N) is 1. The molecule has 0 aliphatic heterocycles. The van der Waals surface area contributed by atoms with Crippen LogP contribution in [0.3, 0.4) is 0 Å². The number of primary amides is 1. The first-order valence-electron chi connectivity index (χ1n) is 6.01. The third kappa shape index (κ3) is 4.27. The Morgan fingerprint density at radius 2 is 1.90 bits per heavy atom. The van der Waals surface area contributed by atoms with Gasteiger partial charge in [-0.25, -0.2) is 9.59 Å². The van der Waals surface area contributed by atoms with E-state index in [9.17, 15) is 14.4 Å². The molecule has 0 aliphatic carbocycles. The second-order valence-electron chi connectivity index (χ2n) is 4.61. The van der Waals surface area contributed by atoms with Gasteiger partial charge in [-0.3, -0.25) is 4.79 Å². The third-order valence-electron chi connectivity index (χ3n) is 2.63. The van der Waals surface area contributed by atoms with Crippen LogP contribution in [0.1, 0.15) is 24.2 Å². The summed E-state index contributed by atoms with van der Waals surface area (Å²) in [4.78, 5) is 33.7. The van der Waals surface area contributed by atoms with Gasteiger partial charge in [0.2, 0.25) is 5.91 Å². The molecule has 3 amide bonds. The van der Waals surface area contributed by atoms with Crippen LogP contribution in [-0.4, -0.2) is 29.1 Å². The zero-order valence-electron chi connectivity index (χ0n) is 11.2. The molecule has 0 bridgehead atoms. The fourth-order valence-electron chi connectivity index (χ4n) is 1.60. The van der Waals surface area contributed by atoms with Gasteiger partial charge in [-0.1, -0.05) is 19.9 Å². The summed E-state index contributed by atoms with van der Waals surface area (Å²) in [5.41, 5.74) is 5.55. The van der Waals surface area contributed by atoms with Crippen LogP contribution in [0.25, 0.3) is 0 Å². The quantitative estimate of drug-likeness (QED) is 0.642. The first-order valence-corrected chi connectivity index (χ1v) is 6.01. The Hall–Kier alpha value is -2.57. The molecule has 1 atom stereocenters. The van der Waals surface area contributed by atoms with E-state index in [4.69, 9.17) is 10.8 Å². The highest BCUT2D eigenvalue weighted by molar-refractivity contribution is 5.95. The topological polar surface area (TPSA) is 122 Å². The number of aromatic carboxylic acids is 1. The molecule has 108 valence electrons. The van der Waals surface area contributed by atoms with Crippen molar-refractivity contribution in [3.05, 3.63) is 29.8 Å². The van der Waals surface area contributed by atoms with E-state index >= 15 is 0 Å². The molecule has 0 saturated carbocycles. The highest BCUT2D eigenvalue weighted by atomic mass is 16.4. The third-order valence-corrected chi connectivity index (χ3v) is 2.63. The molecule has 0 fully saturated rings. The maximum Gasteiger partial charge on any atom is 0.335 e. The van der Waals surface area contributed by atoms with Crippen LogP contribution in [0, 0.1) is 5.92 Å². The number of amides is 3. The minimum absolute atomic E-state index is 0.0538. The van der Waals surface area contributed by atoms with E-state index in [1.54, 1.807) is 19.9 Å². The van der Waals surface area contributed by atoms with Gasteiger partial charge in [-0.15, -0.1) is 0 Å². The average molecular weight is 279 g/mol. The largest absolute Gasteiger partial charge is 0.478 e. The van der Waals surface area contributed by atoms with Gasteiger partial charge in [-0.2, -0.15) is 0 Å². The Kier molecular flexibility index (Phi) is 5.08. The van der Waals surface area contributed by atoms with Crippen LogP contribution in [0.4, 0.5) is 10.5 Å². The van der Waals surface area contributed by atoms with Gasteiger partial charge in [0.1, 0.15) is 6.04 Å². The first-order chi connectivity index (χ1) is 9.31. The van der Waals surface area contributed by atoms with Crippen molar-refractivity contribution in [3.63, 3.8) is 0 Å². The number of rotatable bonds is 5.